The van der Waals surface area contributed by atoms with Gasteiger partial charge in [-0.2, -0.15) is 0 Å². The molecule has 0 amide bonds. The number of carboxylic acid groups (broad SMARTS) is 5. The summed E-state index contributed by atoms with van der Waals surface area (Å²) in [6.45, 7) is 1.00. The molecule has 0 aliphatic heterocycles. The van der Waals surface area contributed by atoms with Crippen LogP contribution < -0.4 is 0 Å². The van der Waals surface area contributed by atoms with Crippen LogP contribution >= 0.6 is 0 Å². The predicted octanol–water partition coefficient (Wildman–Crippen LogP) is -1.17. The maximum Gasteiger partial charge on any atom is 0.371 e. The fourth-order valence-corrected chi connectivity index (χ4v) is 1.30. The Balaban J connectivity index is 0. The van der Waals surface area contributed by atoms with Crippen molar-refractivity contribution < 1.29 is 63.8 Å². The van der Waals surface area contributed by atoms with Gasteiger partial charge >= 0.3 is 35.8 Å². The van der Waals surface area contributed by atoms with Crippen molar-refractivity contribution in [2.45, 2.75) is 38.2 Å². The summed E-state index contributed by atoms with van der Waals surface area (Å²) in [7, 11) is 0. The number of hydrogen-bond donors (Lipinski definition) is 5. The smallest absolute Gasteiger partial charge is 0.371 e. The summed E-state index contributed by atoms with van der Waals surface area (Å²) >= 11 is 0. The topological polar surface area (TPSA) is 230 Å². The van der Waals surface area contributed by atoms with E-state index in [2.05, 4.69) is 4.74 Å². The molecular weight excluding hydrogens is 364 g/mol. The molecule has 13 nitrogen and oxygen atoms in total. The van der Waals surface area contributed by atoms with Crippen molar-refractivity contribution in [3.63, 3.8) is 0 Å². The van der Waals surface area contributed by atoms with Gasteiger partial charge in [0.15, 0.2) is 0 Å². The lowest BCUT2D eigenvalue weighted by Gasteiger charge is -2.26. The third-order valence-electron chi connectivity index (χ3n) is 2.42. The molecule has 0 saturated heterocycles. The van der Waals surface area contributed by atoms with Crippen molar-refractivity contribution in [1.82, 2.24) is 0 Å². The molecule has 0 atom stereocenters. The van der Waals surface area contributed by atoms with E-state index in [0.717, 1.165) is 6.92 Å². The summed E-state index contributed by atoms with van der Waals surface area (Å²) in [6.07, 6.45) is -3.88. The monoisotopic (exact) mass is 380 g/mol. The third kappa shape index (κ3) is 11.1. The maximum atomic E-state index is 11.3. The molecule has 0 aromatic heterocycles. The van der Waals surface area contributed by atoms with Crippen molar-refractivity contribution in [3.8, 4) is 0 Å². The lowest BCUT2D eigenvalue weighted by atomic mass is 9.95. The van der Waals surface area contributed by atoms with Gasteiger partial charge in [-0.3, -0.25) is 24.0 Å². The molecule has 5 N–H and O–H groups in total. The highest BCUT2D eigenvalue weighted by Crippen LogP contribution is 2.23. The van der Waals surface area contributed by atoms with Gasteiger partial charge in [0.1, 0.15) is 0 Å². The first kappa shape index (κ1) is 24.7. The minimum atomic E-state index is -2.77. The first-order valence-electron chi connectivity index (χ1n) is 6.58. The van der Waals surface area contributed by atoms with Crippen LogP contribution in [0.3, 0.4) is 0 Å². The first-order valence-corrected chi connectivity index (χ1v) is 6.58. The second kappa shape index (κ2) is 11.1. The second-order valence-electron chi connectivity index (χ2n) is 4.67. The zero-order valence-electron chi connectivity index (χ0n) is 13.3. The molecule has 0 aromatic rings. The predicted molar refractivity (Wildman–Crippen MR) is 76.2 cm³/mol. The lowest BCUT2D eigenvalue weighted by molar-refractivity contribution is -0.186. The van der Waals surface area contributed by atoms with Crippen LogP contribution in [0.2, 0.25) is 0 Å². The summed E-state index contributed by atoms with van der Waals surface area (Å²) in [5.74, 6) is -10.2. The van der Waals surface area contributed by atoms with Crippen LogP contribution in [0.15, 0.2) is 0 Å². The quantitative estimate of drug-likeness (QED) is 0.222. The van der Waals surface area contributed by atoms with E-state index in [1.54, 1.807) is 0 Å². The van der Waals surface area contributed by atoms with E-state index in [-0.39, 0.29) is 0 Å². The summed E-state index contributed by atoms with van der Waals surface area (Å²) in [5.41, 5.74) is -2.77. The van der Waals surface area contributed by atoms with E-state index in [4.69, 9.17) is 25.5 Å². The van der Waals surface area contributed by atoms with Gasteiger partial charge < -0.3 is 30.3 Å². The summed E-state index contributed by atoms with van der Waals surface area (Å²) in [6, 6.07) is 0. The average Bonchev–Trinajstić information content (AvgIpc) is 2.43. The number of hydrogen-bond acceptors (Lipinski definition) is 8. The molecule has 0 heterocycles. The Hall–Kier alpha value is -3.51. The Bertz CT molecular complexity index is 575. The number of ketones is 1. The average molecular weight is 380 g/mol. The van der Waals surface area contributed by atoms with Gasteiger partial charge in [0.25, 0.3) is 0 Å². The van der Waals surface area contributed by atoms with E-state index in [1.165, 1.54) is 0 Å². The Morgan fingerprint density at radius 3 is 1.35 bits per heavy atom. The fraction of sp³-hybridized carbons (Fsp3) is 0.462. The second-order valence-corrected chi connectivity index (χ2v) is 4.67. The third-order valence-corrected chi connectivity index (χ3v) is 2.42. The molecule has 13 heteroatoms. The zero-order valence-corrected chi connectivity index (χ0v) is 13.3. The highest BCUT2D eigenvalue weighted by atomic mass is 16.6. The van der Waals surface area contributed by atoms with Crippen LogP contribution in [-0.4, -0.2) is 72.7 Å². The van der Waals surface area contributed by atoms with Crippen molar-refractivity contribution >= 4 is 41.6 Å². The Labute approximate surface area is 144 Å². The molecule has 0 aromatic carbocycles. The van der Waals surface area contributed by atoms with Crippen molar-refractivity contribution in [2.75, 3.05) is 0 Å². The van der Waals surface area contributed by atoms with Gasteiger partial charge in [-0.25, -0.2) is 9.59 Å². The van der Waals surface area contributed by atoms with Crippen LogP contribution in [-0.2, 0) is 38.3 Å². The van der Waals surface area contributed by atoms with Gasteiger partial charge in [0.2, 0.25) is 11.4 Å². The van der Waals surface area contributed by atoms with Crippen molar-refractivity contribution in [1.29, 1.82) is 0 Å². The van der Waals surface area contributed by atoms with Crippen molar-refractivity contribution in [2.24, 2.45) is 0 Å². The standard InChI is InChI=1S/C10H12O10.C3H4O3/c11-5(12)1-2-8(17)20-10(9(18)19,3-6(13)14)4-7(15)16;1-2(4)3(5)6/h1-4H2,(H,11,12)(H,13,14)(H,15,16)(H,18,19);1H3,(H,5,6). The molecule has 0 fully saturated rings. The maximum absolute atomic E-state index is 11.3. The number of Topliss-reactive ketones (excluding diaryl/α,β-unsaturated/α-hetero) is 1. The van der Waals surface area contributed by atoms with Crippen LogP contribution in [0, 0.1) is 0 Å². The molecule has 0 spiro atoms. The largest absolute Gasteiger partial charge is 0.481 e. The molecule has 0 unspecified atom stereocenters. The highest BCUT2D eigenvalue weighted by Gasteiger charge is 2.47. The number of rotatable bonds is 10. The molecule has 0 saturated carbocycles. The van der Waals surface area contributed by atoms with Gasteiger partial charge in [0.05, 0.1) is 25.7 Å². The normalized spacial score (nSPS) is 9.88. The SMILES string of the molecule is CC(=O)C(=O)O.O=C(O)CCC(=O)OC(CC(=O)O)(CC(=O)O)C(=O)O. The zero-order chi connectivity index (χ0) is 21.1. The van der Waals surface area contributed by atoms with E-state index < -0.39 is 72.9 Å². The highest BCUT2D eigenvalue weighted by molar-refractivity contribution is 6.31. The molecule has 0 rings (SSSR count). The summed E-state index contributed by atoms with van der Waals surface area (Å²) < 4.78 is 4.41. The fourth-order valence-electron chi connectivity index (χ4n) is 1.30. The number of carbonyl (C=O) groups excluding carboxylic acids is 2. The number of aliphatic carboxylic acids is 5. The minimum Gasteiger partial charge on any atom is -0.481 e. The van der Waals surface area contributed by atoms with Gasteiger partial charge in [-0.05, 0) is 0 Å². The Kier molecular flexibility index (Phi) is 10.6. The minimum absolute atomic E-state index is 0.658. The van der Waals surface area contributed by atoms with E-state index in [9.17, 15) is 33.6 Å². The Morgan fingerprint density at radius 1 is 0.731 bits per heavy atom. The number of esters is 1. The summed E-state index contributed by atoms with van der Waals surface area (Å²) in [4.78, 5) is 72.7. The Morgan fingerprint density at radius 2 is 1.12 bits per heavy atom. The number of carbonyl (C=O) groups is 7. The molecule has 0 bridgehead atoms. The van der Waals surface area contributed by atoms with Gasteiger partial charge in [0, 0.05) is 6.92 Å². The lowest BCUT2D eigenvalue weighted by Crippen LogP contribution is -2.47. The first-order chi connectivity index (χ1) is 11.7. The molecule has 0 radical (unpaired) electrons. The molecule has 26 heavy (non-hydrogen) atoms. The van der Waals surface area contributed by atoms with Crippen LogP contribution in [0.1, 0.15) is 32.6 Å². The van der Waals surface area contributed by atoms with Gasteiger partial charge in [-0.1, -0.05) is 0 Å². The molecular formula is C13H16O13. The van der Waals surface area contributed by atoms with Crippen LogP contribution in [0.5, 0.6) is 0 Å². The van der Waals surface area contributed by atoms with E-state index in [0.29, 0.717) is 0 Å². The van der Waals surface area contributed by atoms with Crippen molar-refractivity contribution in [3.05, 3.63) is 0 Å². The molecule has 0 aliphatic carbocycles. The van der Waals surface area contributed by atoms with Crippen LogP contribution in [0.4, 0.5) is 0 Å². The summed E-state index contributed by atoms with van der Waals surface area (Å²) in [5, 5.41) is 42.1. The van der Waals surface area contributed by atoms with E-state index >= 15 is 0 Å². The van der Waals surface area contributed by atoms with Crippen LogP contribution in [0.25, 0.3) is 0 Å². The number of carboxylic acids is 5. The number of ether oxygens (including phenoxy) is 1. The molecule has 0 aliphatic rings. The molecule has 146 valence electrons. The van der Waals surface area contributed by atoms with Gasteiger partial charge in [-0.15, -0.1) is 0 Å². The van der Waals surface area contributed by atoms with E-state index in [1.807, 2.05) is 0 Å².